The first-order valence-electron chi connectivity index (χ1n) is 6.13. The minimum absolute atomic E-state index is 0.0189. The highest BCUT2D eigenvalue weighted by Gasteiger charge is 2.11. The fraction of sp³-hybridized carbons (Fsp3) is 0.214. The Hall–Kier alpha value is -2.63. The average Bonchev–Trinajstić information content (AvgIpc) is 2.89. The molecule has 1 aromatic carbocycles. The molecular formula is C14H14N2O4. The van der Waals surface area contributed by atoms with Gasteiger partial charge in [0.2, 0.25) is 0 Å². The Morgan fingerprint density at radius 1 is 1.30 bits per heavy atom. The summed E-state index contributed by atoms with van der Waals surface area (Å²) < 4.78 is 4.86. The van der Waals surface area contributed by atoms with E-state index in [0.717, 1.165) is 5.56 Å². The number of esters is 1. The summed E-state index contributed by atoms with van der Waals surface area (Å²) in [5.41, 5.74) is 2.40. The van der Waals surface area contributed by atoms with E-state index in [1.165, 1.54) is 0 Å². The lowest BCUT2D eigenvalue weighted by Crippen LogP contribution is -2.04. The van der Waals surface area contributed by atoms with Crippen molar-refractivity contribution in [3.63, 3.8) is 0 Å². The molecule has 0 unspecified atom stereocenters. The molecule has 0 aliphatic carbocycles. The molecule has 0 fully saturated rings. The molecule has 0 saturated carbocycles. The molecule has 0 amide bonds. The van der Waals surface area contributed by atoms with Crippen LogP contribution in [0.5, 0.6) is 0 Å². The summed E-state index contributed by atoms with van der Waals surface area (Å²) in [4.78, 5) is 22.1. The van der Waals surface area contributed by atoms with Crippen molar-refractivity contribution in [2.45, 2.75) is 13.3 Å². The molecule has 20 heavy (non-hydrogen) atoms. The van der Waals surface area contributed by atoms with E-state index in [2.05, 4.69) is 10.2 Å². The van der Waals surface area contributed by atoms with Crippen LogP contribution in [0.25, 0.3) is 11.3 Å². The van der Waals surface area contributed by atoms with Gasteiger partial charge in [0, 0.05) is 5.56 Å². The number of rotatable bonds is 5. The maximum atomic E-state index is 11.5. The number of hydrogen-bond donors (Lipinski definition) is 2. The molecule has 2 rings (SSSR count). The van der Waals surface area contributed by atoms with E-state index in [9.17, 15) is 9.59 Å². The quantitative estimate of drug-likeness (QED) is 0.812. The van der Waals surface area contributed by atoms with Gasteiger partial charge in [-0.1, -0.05) is 24.3 Å². The average molecular weight is 274 g/mol. The van der Waals surface area contributed by atoms with Crippen LogP contribution in [-0.4, -0.2) is 33.8 Å². The zero-order valence-corrected chi connectivity index (χ0v) is 10.9. The molecule has 0 atom stereocenters. The van der Waals surface area contributed by atoms with E-state index in [4.69, 9.17) is 9.84 Å². The lowest BCUT2D eigenvalue weighted by molar-refractivity contribution is -0.136. The van der Waals surface area contributed by atoms with Crippen LogP contribution in [0.2, 0.25) is 0 Å². The van der Waals surface area contributed by atoms with E-state index in [1.807, 2.05) is 0 Å². The molecule has 2 N–H and O–H groups in total. The van der Waals surface area contributed by atoms with E-state index < -0.39 is 11.9 Å². The van der Waals surface area contributed by atoms with Crippen molar-refractivity contribution in [3.05, 3.63) is 41.6 Å². The SMILES string of the molecule is CCOC(=O)c1cc(-c2ccc(CC(=O)O)cc2)n[nH]1. The van der Waals surface area contributed by atoms with E-state index in [1.54, 1.807) is 37.3 Å². The molecule has 1 aromatic heterocycles. The fourth-order valence-corrected chi connectivity index (χ4v) is 1.75. The number of ether oxygens (including phenoxy) is 1. The molecule has 0 saturated heterocycles. The highest BCUT2D eigenvalue weighted by atomic mass is 16.5. The smallest absolute Gasteiger partial charge is 0.356 e. The Kier molecular flexibility index (Phi) is 4.14. The summed E-state index contributed by atoms with van der Waals surface area (Å²) in [7, 11) is 0. The van der Waals surface area contributed by atoms with Gasteiger partial charge in [0.25, 0.3) is 0 Å². The van der Waals surface area contributed by atoms with Gasteiger partial charge in [-0.05, 0) is 18.6 Å². The van der Waals surface area contributed by atoms with Gasteiger partial charge in [-0.2, -0.15) is 5.10 Å². The zero-order valence-electron chi connectivity index (χ0n) is 10.9. The Morgan fingerprint density at radius 2 is 2.00 bits per heavy atom. The Balaban J connectivity index is 2.15. The van der Waals surface area contributed by atoms with Crippen molar-refractivity contribution in [3.8, 4) is 11.3 Å². The monoisotopic (exact) mass is 274 g/mol. The first-order chi connectivity index (χ1) is 9.60. The number of benzene rings is 1. The first kappa shape index (κ1) is 13.8. The number of carbonyl (C=O) groups is 2. The second-order valence-electron chi connectivity index (χ2n) is 4.15. The maximum Gasteiger partial charge on any atom is 0.356 e. The summed E-state index contributed by atoms with van der Waals surface area (Å²) in [6.45, 7) is 2.04. The van der Waals surface area contributed by atoms with Crippen molar-refractivity contribution >= 4 is 11.9 Å². The van der Waals surface area contributed by atoms with Gasteiger partial charge in [-0.3, -0.25) is 9.89 Å². The van der Waals surface area contributed by atoms with Gasteiger partial charge in [0.15, 0.2) is 0 Å². The number of H-pyrrole nitrogens is 1. The van der Waals surface area contributed by atoms with Gasteiger partial charge < -0.3 is 9.84 Å². The zero-order chi connectivity index (χ0) is 14.5. The van der Waals surface area contributed by atoms with Gasteiger partial charge >= 0.3 is 11.9 Å². The number of nitrogens with zero attached hydrogens (tertiary/aromatic N) is 1. The number of carboxylic acids is 1. The van der Waals surface area contributed by atoms with Crippen LogP contribution >= 0.6 is 0 Å². The van der Waals surface area contributed by atoms with Gasteiger partial charge in [-0.25, -0.2) is 4.79 Å². The minimum Gasteiger partial charge on any atom is -0.481 e. The number of hydrogen-bond acceptors (Lipinski definition) is 4. The summed E-state index contributed by atoms with van der Waals surface area (Å²) >= 11 is 0. The summed E-state index contributed by atoms with van der Waals surface area (Å²) in [6, 6.07) is 8.58. The molecule has 1 heterocycles. The van der Waals surface area contributed by atoms with Crippen molar-refractivity contribution in [1.29, 1.82) is 0 Å². The number of aromatic nitrogens is 2. The van der Waals surface area contributed by atoms with Crippen molar-refractivity contribution in [1.82, 2.24) is 10.2 Å². The summed E-state index contributed by atoms with van der Waals surface area (Å²) in [5.74, 6) is -1.32. The predicted molar refractivity (Wildman–Crippen MR) is 71.3 cm³/mol. The van der Waals surface area contributed by atoms with E-state index in [-0.39, 0.29) is 12.1 Å². The van der Waals surface area contributed by atoms with Crippen LogP contribution in [0, 0.1) is 0 Å². The maximum absolute atomic E-state index is 11.5. The molecule has 2 aromatic rings. The molecule has 0 aliphatic heterocycles. The van der Waals surface area contributed by atoms with Crippen LogP contribution in [0.1, 0.15) is 23.0 Å². The Morgan fingerprint density at radius 3 is 2.60 bits per heavy atom. The topological polar surface area (TPSA) is 92.3 Å². The number of aromatic amines is 1. The Bertz CT molecular complexity index is 616. The van der Waals surface area contributed by atoms with Crippen LogP contribution in [0.3, 0.4) is 0 Å². The molecule has 0 aliphatic rings. The third-order valence-corrected chi connectivity index (χ3v) is 2.68. The van der Waals surface area contributed by atoms with Gasteiger partial charge in [-0.15, -0.1) is 0 Å². The van der Waals surface area contributed by atoms with E-state index in [0.29, 0.717) is 17.9 Å². The summed E-state index contributed by atoms with van der Waals surface area (Å²) in [6.07, 6.45) is -0.0189. The lowest BCUT2D eigenvalue weighted by atomic mass is 10.1. The number of aliphatic carboxylic acids is 1. The molecule has 6 heteroatoms. The normalized spacial score (nSPS) is 10.2. The molecule has 0 spiro atoms. The van der Waals surface area contributed by atoms with Crippen LogP contribution in [0.4, 0.5) is 0 Å². The molecular weight excluding hydrogens is 260 g/mol. The lowest BCUT2D eigenvalue weighted by Gasteiger charge is -1.99. The number of carbonyl (C=O) groups excluding carboxylic acids is 1. The molecule has 0 radical (unpaired) electrons. The standard InChI is InChI=1S/C14H14N2O4/c1-2-20-14(19)12-8-11(15-16-12)10-5-3-9(4-6-10)7-13(17)18/h3-6,8H,2,7H2,1H3,(H,15,16)(H,17,18). The number of carboxylic acid groups (broad SMARTS) is 1. The fourth-order valence-electron chi connectivity index (χ4n) is 1.75. The highest BCUT2D eigenvalue weighted by molar-refractivity contribution is 5.88. The van der Waals surface area contributed by atoms with Crippen LogP contribution in [0.15, 0.2) is 30.3 Å². The summed E-state index contributed by atoms with van der Waals surface area (Å²) in [5, 5.41) is 15.4. The number of nitrogens with one attached hydrogen (secondary N) is 1. The second-order valence-corrected chi connectivity index (χ2v) is 4.15. The third-order valence-electron chi connectivity index (χ3n) is 2.68. The van der Waals surface area contributed by atoms with E-state index >= 15 is 0 Å². The predicted octanol–water partition coefficient (Wildman–Crippen LogP) is 1.88. The molecule has 104 valence electrons. The van der Waals surface area contributed by atoms with Gasteiger partial charge in [0.05, 0.1) is 18.7 Å². The Labute approximate surface area is 115 Å². The molecule has 0 bridgehead atoms. The van der Waals surface area contributed by atoms with Crippen molar-refractivity contribution < 1.29 is 19.4 Å². The molecule has 6 nitrogen and oxygen atoms in total. The third kappa shape index (κ3) is 3.23. The highest BCUT2D eigenvalue weighted by Crippen LogP contribution is 2.19. The second kappa shape index (κ2) is 6.01. The van der Waals surface area contributed by atoms with Crippen molar-refractivity contribution in [2.24, 2.45) is 0 Å². The van der Waals surface area contributed by atoms with Crippen LogP contribution in [-0.2, 0) is 16.0 Å². The largest absolute Gasteiger partial charge is 0.481 e. The van der Waals surface area contributed by atoms with Gasteiger partial charge in [0.1, 0.15) is 5.69 Å². The van der Waals surface area contributed by atoms with Crippen molar-refractivity contribution in [2.75, 3.05) is 6.61 Å². The van der Waals surface area contributed by atoms with Crippen LogP contribution < -0.4 is 0 Å². The first-order valence-corrected chi connectivity index (χ1v) is 6.13. The minimum atomic E-state index is -0.873.